The largest absolute Gasteiger partial charge is 0.434 e. The summed E-state index contributed by atoms with van der Waals surface area (Å²) < 4.78 is 28.9. The van der Waals surface area contributed by atoms with Crippen LogP contribution < -0.4 is 4.74 Å². The Balaban J connectivity index is 3.02. The van der Waals surface area contributed by atoms with Crippen LogP contribution in [0.2, 0.25) is 0 Å². The quantitative estimate of drug-likeness (QED) is 0.759. The zero-order valence-corrected chi connectivity index (χ0v) is 11.4. The van der Waals surface area contributed by atoms with Crippen LogP contribution in [-0.4, -0.2) is 12.4 Å². The van der Waals surface area contributed by atoms with E-state index in [9.17, 15) is 13.6 Å². The van der Waals surface area contributed by atoms with Crippen LogP contribution in [0.4, 0.5) is 8.78 Å². The number of Topliss-reactive ketones (excluding diaryl/α,β-unsaturated/α-hetero) is 1. The maximum Gasteiger partial charge on any atom is 0.387 e. The van der Waals surface area contributed by atoms with Crippen LogP contribution in [0, 0.1) is 0 Å². The zero-order chi connectivity index (χ0) is 12.3. The van der Waals surface area contributed by atoms with Crippen LogP contribution >= 0.6 is 31.9 Å². The van der Waals surface area contributed by atoms with Gasteiger partial charge in [0.15, 0.2) is 0 Å². The molecule has 0 aliphatic heterocycles. The second-order valence-corrected chi connectivity index (χ2v) is 4.81. The Bertz CT molecular complexity index is 396. The lowest BCUT2D eigenvalue weighted by molar-refractivity contribution is -0.116. The van der Waals surface area contributed by atoms with Gasteiger partial charge in [-0.3, -0.25) is 4.79 Å². The molecule has 0 amide bonds. The number of halogens is 4. The molecule has 0 saturated heterocycles. The molecule has 0 bridgehead atoms. The van der Waals surface area contributed by atoms with Crippen molar-refractivity contribution in [3.63, 3.8) is 0 Å². The minimum absolute atomic E-state index is 0.0122. The first kappa shape index (κ1) is 13.6. The van der Waals surface area contributed by atoms with Crippen LogP contribution in [0.15, 0.2) is 22.7 Å². The molecule has 6 heteroatoms. The molecule has 0 radical (unpaired) electrons. The third kappa shape index (κ3) is 3.52. The fraction of sp³-hybridized carbons (Fsp3) is 0.300. The molecular weight excluding hydrogens is 350 g/mol. The van der Waals surface area contributed by atoms with Gasteiger partial charge >= 0.3 is 6.61 Å². The van der Waals surface area contributed by atoms with E-state index in [2.05, 4.69) is 36.6 Å². The first-order valence-electron chi connectivity index (χ1n) is 4.30. The summed E-state index contributed by atoms with van der Waals surface area (Å²) in [5.41, 5.74) is 0.575. The van der Waals surface area contributed by atoms with Crippen molar-refractivity contribution in [3.8, 4) is 5.75 Å². The van der Waals surface area contributed by atoms with Gasteiger partial charge in [-0.05, 0) is 40.5 Å². The van der Waals surface area contributed by atoms with Crippen molar-refractivity contribution in [3.05, 3.63) is 28.2 Å². The highest BCUT2D eigenvalue weighted by atomic mass is 79.9. The van der Waals surface area contributed by atoms with Gasteiger partial charge in [-0.15, -0.1) is 0 Å². The molecule has 0 aliphatic rings. The van der Waals surface area contributed by atoms with E-state index >= 15 is 0 Å². The van der Waals surface area contributed by atoms with Crippen molar-refractivity contribution in [2.75, 3.05) is 0 Å². The van der Waals surface area contributed by atoms with Gasteiger partial charge in [-0.1, -0.05) is 22.0 Å². The average Bonchev–Trinajstić information content (AvgIpc) is 2.19. The third-order valence-electron chi connectivity index (χ3n) is 1.82. The molecule has 0 aromatic heterocycles. The highest BCUT2D eigenvalue weighted by Gasteiger charge is 2.16. The zero-order valence-electron chi connectivity index (χ0n) is 8.22. The lowest BCUT2D eigenvalue weighted by Crippen LogP contribution is -2.05. The second kappa shape index (κ2) is 5.72. The third-order valence-corrected chi connectivity index (χ3v) is 3.65. The Morgan fingerprint density at radius 3 is 2.56 bits per heavy atom. The van der Waals surface area contributed by atoms with Crippen LogP contribution in [0.25, 0.3) is 0 Å². The van der Waals surface area contributed by atoms with Gasteiger partial charge in [0.05, 0.1) is 9.30 Å². The van der Waals surface area contributed by atoms with Crippen molar-refractivity contribution in [2.24, 2.45) is 0 Å². The Morgan fingerprint density at radius 2 is 2.06 bits per heavy atom. The smallest absolute Gasteiger partial charge is 0.387 e. The number of carbonyl (C=O) groups is 1. The van der Waals surface area contributed by atoms with Crippen LogP contribution in [-0.2, 0) is 4.79 Å². The summed E-state index contributed by atoms with van der Waals surface area (Å²) in [5.74, 6) is -0.0940. The second-order valence-electron chi connectivity index (χ2n) is 3.04. The van der Waals surface area contributed by atoms with Crippen molar-refractivity contribution in [2.45, 2.75) is 18.4 Å². The van der Waals surface area contributed by atoms with Gasteiger partial charge in [-0.25, -0.2) is 0 Å². The van der Waals surface area contributed by atoms with Gasteiger partial charge < -0.3 is 4.74 Å². The number of hydrogen-bond donors (Lipinski definition) is 0. The molecule has 2 nitrogen and oxygen atoms in total. The molecule has 88 valence electrons. The lowest BCUT2D eigenvalue weighted by Gasteiger charge is -2.11. The number of carbonyl (C=O) groups excluding carboxylic acids is 1. The van der Waals surface area contributed by atoms with Gasteiger partial charge in [0, 0.05) is 0 Å². The van der Waals surface area contributed by atoms with E-state index in [1.165, 1.54) is 13.0 Å². The molecule has 1 atom stereocenters. The predicted molar refractivity (Wildman–Crippen MR) is 63.1 cm³/mol. The Kier molecular flexibility index (Phi) is 4.86. The molecule has 0 heterocycles. The molecule has 1 aromatic rings. The molecule has 0 aliphatic carbocycles. The summed E-state index contributed by atoms with van der Waals surface area (Å²) in [6, 6.07) is 4.62. The number of ether oxygens (including phenoxy) is 1. The van der Waals surface area contributed by atoms with Crippen molar-refractivity contribution in [1.29, 1.82) is 0 Å². The molecule has 16 heavy (non-hydrogen) atoms. The fourth-order valence-electron chi connectivity index (χ4n) is 1.10. The summed E-state index contributed by atoms with van der Waals surface area (Å²) in [4.78, 5) is 10.6. The Morgan fingerprint density at radius 1 is 1.44 bits per heavy atom. The number of benzene rings is 1. The van der Waals surface area contributed by atoms with Crippen molar-refractivity contribution < 1.29 is 18.3 Å². The van der Waals surface area contributed by atoms with Gasteiger partial charge in [0.1, 0.15) is 11.5 Å². The number of hydrogen-bond acceptors (Lipinski definition) is 2. The number of alkyl halides is 3. The summed E-state index contributed by atoms with van der Waals surface area (Å²) in [6.07, 6.45) is 0. The SMILES string of the molecule is CC(=O)C(Br)c1ccc(Br)c(OC(F)F)c1. The molecular formula is C10H8Br2F2O2. The standard InChI is InChI=1S/C10H8Br2F2O2/c1-5(15)9(12)6-2-3-7(11)8(4-6)16-10(13)14/h2-4,9-10H,1H3. The average molecular weight is 358 g/mol. The number of rotatable bonds is 4. The lowest BCUT2D eigenvalue weighted by atomic mass is 10.1. The molecule has 0 N–H and O–H groups in total. The molecule has 1 unspecified atom stereocenters. The fourth-order valence-corrected chi connectivity index (χ4v) is 1.72. The summed E-state index contributed by atoms with van der Waals surface area (Å²) in [6.45, 7) is -1.48. The van der Waals surface area contributed by atoms with Gasteiger partial charge in [-0.2, -0.15) is 8.78 Å². The van der Waals surface area contributed by atoms with E-state index in [1.807, 2.05) is 0 Å². The molecule has 0 saturated carbocycles. The molecule has 0 fully saturated rings. The van der Waals surface area contributed by atoms with E-state index in [-0.39, 0.29) is 11.5 Å². The molecule has 1 aromatic carbocycles. The molecule has 0 spiro atoms. The first-order valence-corrected chi connectivity index (χ1v) is 6.01. The highest BCUT2D eigenvalue weighted by Crippen LogP contribution is 2.32. The normalized spacial score (nSPS) is 12.6. The first-order chi connectivity index (χ1) is 7.41. The Labute approximate surface area is 108 Å². The van der Waals surface area contributed by atoms with Crippen LogP contribution in [0.5, 0.6) is 5.75 Å². The summed E-state index contributed by atoms with van der Waals surface area (Å²) >= 11 is 6.25. The minimum atomic E-state index is -2.89. The van der Waals surface area contributed by atoms with Crippen molar-refractivity contribution in [1.82, 2.24) is 0 Å². The van der Waals surface area contributed by atoms with E-state index in [0.717, 1.165) is 0 Å². The van der Waals surface area contributed by atoms with Crippen LogP contribution in [0.3, 0.4) is 0 Å². The van der Waals surface area contributed by atoms with Crippen molar-refractivity contribution >= 4 is 37.6 Å². The van der Waals surface area contributed by atoms with E-state index in [1.54, 1.807) is 12.1 Å². The summed E-state index contributed by atoms with van der Waals surface area (Å²) in [7, 11) is 0. The topological polar surface area (TPSA) is 26.3 Å². The minimum Gasteiger partial charge on any atom is -0.434 e. The number of ketones is 1. The van der Waals surface area contributed by atoms with Gasteiger partial charge in [0.25, 0.3) is 0 Å². The maximum atomic E-state index is 12.1. The van der Waals surface area contributed by atoms with Crippen LogP contribution in [0.1, 0.15) is 17.3 Å². The van der Waals surface area contributed by atoms with Gasteiger partial charge in [0.2, 0.25) is 0 Å². The predicted octanol–water partition coefficient (Wildman–Crippen LogP) is 4.08. The maximum absolute atomic E-state index is 12.1. The van der Waals surface area contributed by atoms with E-state index in [4.69, 9.17) is 0 Å². The Hall–Kier alpha value is -0.490. The summed E-state index contributed by atoms with van der Waals surface area (Å²) in [5, 5.41) is 0. The van der Waals surface area contributed by atoms with E-state index < -0.39 is 11.4 Å². The van der Waals surface area contributed by atoms with E-state index in [0.29, 0.717) is 10.0 Å². The molecule has 1 rings (SSSR count). The monoisotopic (exact) mass is 356 g/mol. The highest BCUT2D eigenvalue weighted by molar-refractivity contribution is 9.10.